The van der Waals surface area contributed by atoms with E-state index in [2.05, 4.69) is 0 Å². The van der Waals surface area contributed by atoms with E-state index >= 15 is 0 Å². The van der Waals surface area contributed by atoms with Gasteiger partial charge in [-0.3, -0.25) is 4.79 Å². The van der Waals surface area contributed by atoms with Crippen LogP contribution in [-0.2, 0) is 0 Å². The molecule has 92 valence electrons. The summed E-state index contributed by atoms with van der Waals surface area (Å²) in [6.07, 6.45) is 0.734. The summed E-state index contributed by atoms with van der Waals surface area (Å²) in [5.74, 6) is -0.359. The fraction of sp³-hybridized carbons (Fsp3) is 0.133. The lowest BCUT2D eigenvalue weighted by Gasteiger charge is -2.11. The molecule has 2 rings (SSSR count). The summed E-state index contributed by atoms with van der Waals surface area (Å²) in [5, 5.41) is 0.667. The largest absolute Gasteiger partial charge is 0.298 e. The van der Waals surface area contributed by atoms with Crippen molar-refractivity contribution in [1.82, 2.24) is 0 Å². The number of carbonyl (C=O) groups is 1. The van der Waals surface area contributed by atoms with Gasteiger partial charge in [-0.15, -0.1) is 0 Å². The van der Waals surface area contributed by atoms with E-state index in [1.54, 1.807) is 0 Å². The molecule has 0 fully saturated rings. The molecule has 0 unspecified atom stereocenters. The highest BCUT2D eigenvalue weighted by atomic mass is 35.5. The van der Waals surface area contributed by atoms with E-state index < -0.39 is 0 Å². The van der Waals surface area contributed by atoms with Crippen molar-refractivity contribution < 1.29 is 9.18 Å². The number of carbonyl (C=O) groups excluding carboxylic acids is 1. The monoisotopic (exact) mass is 262 g/mol. The SMILES string of the molecule is Cc1cc(-c2cc(F)ccc2C=O)c(C)cc1Cl. The Balaban J connectivity index is 2.72. The Bertz CT molecular complexity index is 620. The molecule has 0 aliphatic heterocycles. The van der Waals surface area contributed by atoms with E-state index in [0.717, 1.165) is 23.0 Å². The van der Waals surface area contributed by atoms with Crippen LogP contribution in [0.15, 0.2) is 30.3 Å². The number of hydrogen-bond donors (Lipinski definition) is 0. The van der Waals surface area contributed by atoms with Crippen molar-refractivity contribution in [2.75, 3.05) is 0 Å². The Labute approximate surface area is 110 Å². The third-order valence-corrected chi connectivity index (χ3v) is 3.35. The van der Waals surface area contributed by atoms with Gasteiger partial charge < -0.3 is 0 Å². The molecule has 2 aromatic carbocycles. The lowest BCUT2D eigenvalue weighted by atomic mass is 9.95. The fourth-order valence-corrected chi connectivity index (χ4v) is 2.15. The standard InChI is InChI=1S/C15H12ClFO/c1-9-6-15(16)10(2)5-13(9)14-7-12(17)4-3-11(14)8-18/h3-8H,1-2H3. The van der Waals surface area contributed by atoms with Crippen LogP contribution in [0.25, 0.3) is 11.1 Å². The van der Waals surface area contributed by atoms with E-state index in [9.17, 15) is 9.18 Å². The zero-order chi connectivity index (χ0) is 13.3. The molecule has 0 atom stereocenters. The lowest BCUT2D eigenvalue weighted by Crippen LogP contribution is -1.93. The molecule has 0 bridgehead atoms. The molecular weight excluding hydrogens is 251 g/mol. The number of halogens is 2. The Kier molecular flexibility index (Phi) is 3.48. The van der Waals surface area contributed by atoms with Crippen molar-refractivity contribution in [3.05, 3.63) is 57.9 Å². The summed E-state index contributed by atoms with van der Waals surface area (Å²) in [6, 6.07) is 7.84. The topological polar surface area (TPSA) is 17.1 Å². The van der Waals surface area contributed by atoms with Gasteiger partial charge in [-0.2, -0.15) is 0 Å². The van der Waals surface area contributed by atoms with Gasteiger partial charge in [0.2, 0.25) is 0 Å². The first-order valence-corrected chi connectivity index (χ1v) is 5.92. The van der Waals surface area contributed by atoms with E-state index in [1.807, 2.05) is 26.0 Å². The van der Waals surface area contributed by atoms with E-state index in [0.29, 0.717) is 16.1 Å². The van der Waals surface area contributed by atoms with E-state index in [1.165, 1.54) is 18.2 Å². The molecule has 18 heavy (non-hydrogen) atoms. The summed E-state index contributed by atoms with van der Waals surface area (Å²) in [7, 11) is 0. The van der Waals surface area contributed by atoms with Gasteiger partial charge in [-0.1, -0.05) is 11.6 Å². The van der Waals surface area contributed by atoms with Crippen LogP contribution in [0.5, 0.6) is 0 Å². The lowest BCUT2D eigenvalue weighted by molar-refractivity contribution is 0.112. The number of aldehydes is 1. The Hall–Kier alpha value is -1.67. The van der Waals surface area contributed by atoms with Crippen LogP contribution in [0.3, 0.4) is 0 Å². The van der Waals surface area contributed by atoms with Crippen molar-refractivity contribution in [3.8, 4) is 11.1 Å². The van der Waals surface area contributed by atoms with Crippen molar-refractivity contribution in [2.45, 2.75) is 13.8 Å². The zero-order valence-corrected chi connectivity index (χ0v) is 10.9. The van der Waals surface area contributed by atoms with Gasteiger partial charge in [0.1, 0.15) is 5.82 Å². The third-order valence-electron chi connectivity index (χ3n) is 2.94. The van der Waals surface area contributed by atoms with Crippen molar-refractivity contribution in [1.29, 1.82) is 0 Å². The highest BCUT2D eigenvalue weighted by Crippen LogP contribution is 2.31. The number of rotatable bonds is 2. The molecule has 0 amide bonds. The molecule has 0 aromatic heterocycles. The minimum atomic E-state index is -0.359. The van der Waals surface area contributed by atoms with E-state index in [-0.39, 0.29) is 5.82 Å². The highest BCUT2D eigenvalue weighted by molar-refractivity contribution is 6.31. The summed E-state index contributed by atoms with van der Waals surface area (Å²) < 4.78 is 13.3. The molecule has 0 radical (unpaired) electrons. The maximum Gasteiger partial charge on any atom is 0.150 e. The Morgan fingerprint density at radius 1 is 1.06 bits per heavy atom. The Morgan fingerprint density at radius 2 is 1.78 bits per heavy atom. The molecule has 0 heterocycles. The van der Waals surface area contributed by atoms with Gasteiger partial charge in [-0.25, -0.2) is 4.39 Å². The molecule has 0 aliphatic carbocycles. The van der Waals surface area contributed by atoms with Crippen LogP contribution in [0.1, 0.15) is 21.5 Å². The zero-order valence-electron chi connectivity index (χ0n) is 10.1. The van der Waals surface area contributed by atoms with Crippen LogP contribution < -0.4 is 0 Å². The normalized spacial score (nSPS) is 10.4. The van der Waals surface area contributed by atoms with Crippen molar-refractivity contribution in [2.24, 2.45) is 0 Å². The molecule has 0 aliphatic rings. The second-order valence-corrected chi connectivity index (χ2v) is 4.67. The minimum absolute atomic E-state index is 0.359. The first kappa shape index (κ1) is 12.8. The number of benzene rings is 2. The average molecular weight is 263 g/mol. The first-order valence-electron chi connectivity index (χ1n) is 5.55. The number of hydrogen-bond acceptors (Lipinski definition) is 1. The molecule has 0 saturated carbocycles. The van der Waals surface area contributed by atoms with Crippen LogP contribution in [-0.4, -0.2) is 6.29 Å². The molecule has 3 heteroatoms. The van der Waals surface area contributed by atoms with Crippen LogP contribution in [0.4, 0.5) is 4.39 Å². The maximum atomic E-state index is 13.3. The van der Waals surface area contributed by atoms with Gasteiger partial charge in [0, 0.05) is 10.6 Å². The molecular formula is C15H12ClFO. The summed E-state index contributed by atoms with van der Waals surface area (Å²) >= 11 is 6.03. The molecule has 2 aromatic rings. The fourth-order valence-electron chi connectivity index (χ4n) is 1.94. The summed E-state index contributed by atoms with van der Waals surface area (Å²) in [4.78, 5) is 11.0. The molecule has 0 saturated heterocycles. The van der Waals surface area contributed by atoms with Crippen LogP contribution >= 0.6 is 11.6 Å². The smallest absolute Gasteiger partial charge is 0.150 e. The predicted octanol–water partition coefficient (Wildman–Crippen LogP) is 4.58. The quantitative estimate of drug-likeness (QED) is 0.724. The third kappa shape index (κ3) is 2.29. The van der Waals surface area contributed by atoms with E-state index in [4.69, 9.17) is 11.6 Å². The van der Waals surface area contributed by atoms with Crippen LogP contribution in [0, 0.1) is 19.7 Å². The van der Waals surface area contributed by atoms with Gasteiger partial charge >= 0.3 is 0 Å². The van der Waals surface area contributed by atoms with Gasteiger partial charge in [0.25, 0.3) is 0 Å². The second-order valence-electron chi connectivity index (χ2n) is 4.27. The van der Waals surface area contributed by atoms with Crippen molar-refractivity contribution in [3.63, 3.8) is 0 Å². The average Bonchev–Trinajstić information content (AvgIpc) is 2.34. The Morgan fingerprint density at radius 3 is 2.44 bits per heavy atom. The van der Waals surface area contributed by atoms with Crippen molar-refractivity contribution >= 4 is 17.9 Å². The summed E-state index contributed by atoms with van der Waals surface area (Å²) in [6.45, 7) is 3.77. The van der Waals surface area contributed by atoms with Gasteiger partial charge in [0.15, 0.2) is 6.29 Å². The molecule has 1 nitrogen and oxygen atoms in total. The molecule has 0 spiro atoms. The van der Waals surface area contributed by atoms with Gasteiger partial charge in [-0.05, 0) is 66.4 Å². The number of aryl methyl sites for hydroxylation is 2. The maximum absolute atomic E-state index is 13.3. The first-order chi connectivity index (χ1) is 8.52. The van der Waals surface area contributed by atoms with Gasteiger partial charge in [0.05, 0.1) is 0 Å². The van der Waals surface area contributed by atoms with Crippen LogP contribution in [0.2, 0.25) is 5.02 Å². The summed E-state index contributed by atoms with van der Waals surface area (Å²) in [5.41, 5.74) is 3.72. The second kappa shape index (κ2) is 4.91. The predicted molar refractivity (Wildman–Crippen MR) is 71.7 cm³/mol. The molecule has 0 N–H and O–H groups in total. The minimum Gasteiger partial charge on any atom is -0.298 e. The highest BCUT2D eigenvalue weighted by Gasteiger charge is 2.10.